The van der Waals surface area contributed by atoms with E-state index in [1.807, 2.05) is 46.5 Å². The fourth-order valence-corrected chi connectivity index (χ4v) is 3.91. The molecule has 0 radical (unpaired) electrons. The van der Waals surface area contributed by atoms with E-state index in [0.29, 0.717) is 19.1 Å². The lowest BCUT2D eigenvalue weighted by Gasteiger charge is -2.33. The van der Waals surface area contributed by atoms with Crippen molar-refractivity contribution < 1.29 is 9.90 Å². The molecular formula is C15H30N2O2S. The molecule has 2 atom stereocenters. The van der Waals surface area contributed by atoms with Gasteiger partial charge in [0, 0.05) is 23.8 Å². The summed E-state index contributed by atoms with van der Waals surface area (Å²) in [6.45, 7) is 8.95. The third-order valence-electron chi connectivity index (χ3n) is 4.10. The molecule has 5 heteroatoms. The molecule has 1 amide bonds. The Morgan fingerprint density at radius 3 is 2.65 bits per heavy atom. The van der Waals surface area contributed by atoms with Crippen LogP contribution in [-0.4, -0.2) is 59.7 Å². The van der Waals surface area contributed by atoms with E-state index >= 15 is 0 Å². The van der Waals surface area contributed by atoms with Crippen LogP contribution < -0.4 is 5.32 Å². The van der Waals surface area contributed by atoms with Crippen LogP contribution in [0.4, 0.5) is 0 Å². The molecule has 0 aromatic carbocycles. The molecule has 1 fully saturated rings. The quantitative estimate of drug-likeness (QED) is 0.750. The number of hydrogen-bond donors (Lipinski definition) is 2. The molecule has 4 nitrogen and oxygen atoms in total. The molecule has 0 aromatic rings. The smallest absolute Gasteiger partial charge is 0.234 e. The van der Waals surface area contributed by atoms with E-state index in [-0.39, 0.29) is 17.2 Å². The molecule has 20 heavy (non-hydrogen) atoms. The molecule has 1 saturated heterocycles. The van der Waals surface area contributed by atoms with Gasteiger partial charge in [0.1, 0.15) is 0 Å². The van der Waals surface area contributed by atoms with E-state index in [0.717, 1.165) is 5.75 Å². The summed E-state index contributed by atoms with van der Waals surface area (Å²) in [4.78, 5) is 14.1. The maximum Gasteiger partial charge on any atom is 0.234 e. The number of thioether (sulfide) groups is 1. The van der Waals surface area contributed by atoms with Gasteiger partial charge in [0.25, 0.3) is 0 Å². The molecule has 2 N–H and O–H groups in total. The summed E-state index contributed by atoms with van der Waals surface area (Å²) in [6.07, 6.45) is 0.762. The Labute approximate surface area is 127 Å². The van der Waals surface area contributed by atoms with Gasteiger partial charge in [-0.15, -0.1) is 0 Å². The Kier molecular flexibility index (Phi) is 6.82. The zero-order valence-electron chi connectivity index (χ0n) is 13.5. The second-order valence-electron chi connectivity index (χ2n) is 6.89. The van der Waals surface area contributed by atoms with Gasteiger partial charge in [0.05, 0.1) is 12.6 Å². The number of nitrogens with zero attached hydrogens (tertiary/aromatic N) is 1. The van der Waals surface area contributed by atoms with Crippen LogP contribution in [0.5, 0.6) is 0 Å². The molecule has 0 bridgehead atoms. The van der Waals surface area contributed by atoms with Crippen LogP contribution in [0.25, 0.3) is 0 Å². The molecule has 0 aromatic heterocycles. The highest BCUT2D eigenvalue weighted by Gasteiger charge is 2.30. The van der Waals surface area contributed by atoms with Gasteiger partial charge in [-0.2, -0.15) is 11.8 Å². The topological polar surface area (TPSA) is 52.6 Å². The second-order valence-corrected chi connectivity index (χ2v) is 8.04. The highest BCUT2D eigenvalue weighted by molar-refractivity contribution is 7.99. The molecular weight excluding hydrogens is 272 g/mol. The van der Waals surface area contributed by atoms with Crippen molar-refractivity contribution in [1.82, 2.24) is 10.2 Å². The van der Waals surface area contributed by atoms with Gasteiger partial charge in [-0.05, 0) is 25.1 Å². The second kappa shape index (κ2) is 7.66. The molecule has 0 spiro atoms. The maximum absolute atomic E-state index is 12.0. The fourth-order valence-electron chi connectivity index (χ4n) is 2.61. The summed E-state index contributed by atoms with van der Waals surface area (Å²) in [5.74, 6) is 2.57. The van der Waals surface area contributed by atoms with Gasteiger partial charge in [-0.1, -0.05) is 27.7 Å². The monoisotopic (exact) mass is 302 g/mol. The van der Waals surface area contributed by atoms with E-state index in [1.165, 1.54) is 12.2 Å². The lowest BCUT2D eigenvalue weighted by atomic mass is 9.81. The minimum absolute atomic E-state index is 0.0495. The molecule has 1 heterocycles. The molecule has 1 rings (SSSR count). The van der Waals surface area contributed by atoms with Crippen molar-refractivity contribution in [3.8, 4) is 0 Å². The van der Waals surface area contributed by atoms with Crippen molar-refractivity contribution in [2.45, 2.75) is 46.3 Å². The van der Waals surface area contributed by atoms with E-state index in [2.05, 4.69) is 10.2 Å². The average Bonchev–Trinajstić information content (AvgIpc) is 2.89. The van der Waals surface area contributed by atoms with Crippen molar-refractivity contribution in [3.05, 3.63) is 0 Å². The summed E-state index contributed by atoms with van der Waals surface area (Å²) in [6, 6.07) is 0.528. The number of carbonyl (C=O) groups is 1. The first-order chi connectivity index (χ1) is 9.24. The van der Waals surface area contributed by atoms with Crippen LogP contribution in [0.1, 0.15) is 34.1 Å². The number of likely N-dealkylation sites (N-methyl/N-ethyl adjacent to an activating group) is 1. The van der Waals surface area contributed by atoms with E-state index in [1.54, 1.807) is 0 Å². The van der Waals surface area contributed by atoms with Crippen LogP contribution in [-0.2, 0) is 4.79 Å². The van der Waals surface area contributed by atoms with Gasteiger partial charge in [0.15, 0.2) is 0 Å². The van der Waals surface area contributed by atoms with Crippen molar-refractivity contribution >= 4 is 17.7 Å². The van der Waals surface area contributed by atoms with Crippen LogP contribution in [0.2, 0.25) is 0 Å². The molecule has 0 aliphatic carbocycles. The van der Waals surface area contributed by atoms with Gasteiger partial charge in [-0.25, -0.2) is 0 Å². The molecule has 1 aliphatic heterocycles. The predicted molar refractivity (Wildman–Crippen MR) is 86.0 cm³/mol. The predicted octanol–water partition coefficient (Wildman–Crippen LogP) is 1.58. The zero-order chi connectivity index (χ0) is 15.3. The Hall–Kier alpha value is -0.260. The van der Waals surface area contributed by atoms with Gasteiger partial charge >= 0.3 is 0 Å². The number of aliphatic hydroxyl groups excluding tert-OH is 1. The summed E-state index contributed by atoms with van der Waals surface area (Å²) < 4.78 is 0. The third-order valence-corrected chi connectivity index (χ3v) is 5.24. The molecule has 118 valence electrons. The zero-order valence-corrected chi connectivity index (χ0v) is 14.3. The number of nitrogens with one attached hydrogen (secondary N) is 1. The minimum Gasteiger partial charge on any atom is -0.392 e. The number of amides is 1. The van der Waals surface area contributed by atoms with E-state index in [4.69, 9.17) is 0 Å². The van der Waals surface area contributed by atoms with Crippen molar-refractivity contribution in [2.75, 3.05) is 31.6 Å². The SMILES string of the molecule is CC(C)C(O)C(C)(C)CNC(=O)CN(C)C1CCSC1. The summed E-state index contributed by atoms with van der Waals surface area (Å²) in [5, 5.41) is 13.1. The summed E-state index contributed by atoms with van der Waals surface area (Å²) in [5.41, 5.74) is -0.300. The van der Waals surface area contributed by atoms with E-state index in [9.17, 15) is 9.90 Å². The maximum atomic E-state index is 12.0. The number of carbonyl (C=O) groups excluding carboxylic acids is 1. The molecule has 0 saturated carbocycles. The Balaban J connectivity index is 2.35. The molecule has 2 unspecified atom stereocenters. The first-order valence-electron chi connectivity index (χ1n) is 7.47. The highest BCUT2D eigenvalue weighted by atomic mass is 32.2. The lowest BCUT2D eigenvalue weighted by molar-refractivity contribution is -0.123. The standard InChI is InChI=1S/C15H30N2O2S/c1-11(2)14(19)15(3,4)10-16-13(18)8-17(5)12-6-7-20-9-12/h11-12,14,19H,6-10H2,1-5H3,(H,16,18). The minimum atomic E-state index is -0.410. The van der Waals surface area contributed by atoms with Crippen LogP contribution in [0.3, 0.4) is 0 Å². The largest absolute Gasteiger partial charge is 0.392 e. The van der Waals surface area contributed by atoms with Crippen molar-refractivity contribution in [2.24, 2.45) is 11.3 Å². The third kappa shape index (κ3) is 5.26. The van der Waals surface area contributed by atoms with E-state index < -0.39 is 6.10 Å². The van der Waals surface area contributed by atoms with Gasteiger partial charge < -0.3 is 10.4 Å². The van der Waals surface area contributed by atoms with Crippen LogP contribution in [0, 0.1) is 11.3 Å². The summed E-state index contributed by atoms with van der Waals surface area (Å²) in [7, 11) is 2.02. The highest BCUT2D eigenvalue weighted by Crippen LogP contribution is 2.25. The first kappa shape index (κ1) is 17.8. The number of hydrogen-bond acceptors (Lipinski definition) is 4. The Bertz CT molecular complexity index is 315. The summed E-state index contributed by atoms with van der Waals surface area (Å²) >= 11 is 1.96. The lowest BCUT2D eigenvalue weighted by Crippen LogP contribution is -2.47. The normalized spacial score (nSPS) is 21.5. The van der Waals surface area contributed by atoms with Gasteiger partial charge in [-0.3, -0.25) is 9.69 Å². The van der Waals surface area contributed by atoms with Crippen molar-refractivity contribution in [1.29, 1.82) is 0 Å². The fraction of sp³-hybridized carbons (Fsp3) is 0.933. The Morgan fingerprint density at radius 2 is 2.15 bits per heavy atom. The van der Waals surface area contributed by atoms with Crippen LogP contribution >= 0.6 is 11.8 Å². The van der Waals surface area contributed by atoms with Crippen molar-refractivity contribution in [3.63, 3.8) is 0 Å². The average molecular weight is 302 g/mol. The van der Waals surface area contributed by atoms with Crippen LogP contribution in [0.15, 0.2) is 0 Å². The Morgan fingerprint density at radius 1 is 1.50 bits per heavy atom. The molecule has 1 aliphatic rings. The first-order valence-corrected chi connectivity index (χ1v) is 8.62. The number of rotatable bonds is 7. The number of aliphatic hydroxyl groups is 1. The van der Waals surface area contributed by atoms with Gasteiger partial charge in [0.2, 0.25) is 5.91 Å².